The maximum Gasteiger partial charge on any atom is 0.134 e. The first-order chi connectivity index (χ1) is 6.45. The molecule has 1 heteroatoms. The zero-order valence-corrected chi connectivity index (χ0v) is 7.61. The third-order valence-corrected chi connectivity index (χ3v) is 2.20. The molecular weight excluding hydrogens is 158 g/mol. The van der Waals surface area contributed by atoms with Gasteiger partial charge >= 0.3 is 0 Å². The van der Waals surface area contributed by atoms with Gasteiger partial charge in [0, 0.05) is 6.42 Å². The van der Waals surface area contributed by atoms with Crippen LogP contribution >= 0.6 is 0 Å². The van der Waals surface area contributed by atoms with Crippen LogP contribution in [0.4, 0.5) is 5.69 Å². The van der Waals surface area contributed by atoms with E-state index in [0.29, 0.717) is 0 Å². The van der Waals surface area contributed by atoms with Gasteiger partial charge in [-0.15, -0.1) is 0 Å². The van der Waals surface area contributed by atoms with Crippen molar-refractivity contribution < 1.29 is 5.32 Å². The molecule has 2 N–H and O–H groups in total. The molecule has 0 aliphatic heterocycles. The Morgan fingerprint density at radius 1 is 1.08 bits per heavy atom. The highest BCUT2D eigenvalue weighted by molar-refractivity contribution is 5.28. The molecule has 0 heterocycles. The highest BCUT2D eigenvalue weighted by Crippen LogP contribution is 2.06. The summed E-state index contributed by atoms with van der Waals surface area (Å²) in [5.41, 5.74) is 2.72. The van der Waals surface area contributed by atoms with Crippen molar-refractivity contribution in [3.63, 3.8) is 0 Å². The van der Waals surface area contributed by atoms with E-state index in [4.69, 9.17) is 0 Å². The molecule has 2 rings (SSSR count). The summed E-state index contributed by atoms with van der Waals surface area (Å²) in [7, 11) is 0. The summed E-state index contributed by atoms with van der Waals surface area (Å²) >= 11 is 0. The predicted octanol–water partition coefficient (Wildman–Crippen LogP) is 2.12. The molecule has 0 bridgehead atoms. The number of nitrogens with two attached hydrogens (primary N) is 1. The van der Waals surface area contributed by atoms with E-state index in [-0.39, 0.29) is 0 Å². The van der Waals surface area contributed by atoms with Crippen molar-refractivity contribution in [1.82, 2.24) is 0 Å². The summed E-state index contributed by atoms with van der Waals surface area (Å²) in [6, 6.07) is 10.5. The van der Waals surface area contributed by atoms with Crippen LogP contribution in [0.25, 0.3) is 0 Å². The Hall–Kier alpha value is -1.34. The van der Waals surface area contributed by atoms with Gasteiger partial charge in [0.15, 0.2) is 0 Å². The van der Waals surface area contributed by atoms with Gasteiger partial charge in [-0.3, -0.25) is 5.32 Å². The average Bonchev–Trinajstić information content (AvgIpc) is 2.21. The maximum absolute atomic E-state index is 2.25. The van der Waals surface area contributed by atoms with Crippen LogP contribution in [0, 0.1) is 0 Å². The first-order valence-electron chi connectivity index (χ1n) is 4.71. The van der Waals surface area contributed by atoms with Gasteiger partial charge in [-0.1, -0.05) is 30.4 Å². The number of hydrogen-bond acceptors (Lipinski definition) is 0. The normalized spacial score (nSPS) is 15.5. The van der Waals surface area contributed by atoms with E-state index in [1.165, 1.54) is 24.2 Å². The summed E-state index contributed by atoms with van der Waals surface area (Å²) in [5, 5.41) is 2.25. The Morgan fingerprint density at radius 2 is 1.92 bits per heavy atom. The molecule has 1 aromatic carbocycles. The second kappa shape index (κ2) is 4.06. The summed E-state index contributed by atoms with van der Waals surface area (Å²) in [6.07, 6.45) is 8.89. The van der Waals surface area contributed by atoms with Crippen LogP contribution in [0.3, 0.4) is 0 Å². The fourth-order valence-electron chi connectivity index (χ4n) is 1.50. The number of para-hydroxylation sites is 1. The summed E-state index contributed by atoms with van der Waals surface area (Å²) in [4.78, 5) is 0. The van der Waals surface area contributed by atoms with Crippen molar-refractivity contribution >= 4 is 5.69 Å². The van der Waals surface area contributed by atoms with Gasteiger partial charge in [-0.25, -0.2) is 0 Å². The topological polar surface area (TPSA) is 16.6 Å². The summed E-state index contributed by atoms with van der Waals surface area (Å²) in [6.45, 7) is 0. The fraction of sp³-hybridized carbons (Fsp3) is 0.167. The van der Waals surface area contributed by atoms with Gasteiger partial charge in [-0.05, 0) is 24.6 Å². The SMILES string of the molecule is C1=CCCC([NH2+]c2ccccc2)=C1. The van der Waals surface area contributed by atoms with Crippen LogP contribution in [-0.2, 0) is 0 Å². The Bertz CT molecular complexity index is 322. The van der Waals surface area contributed by atoms with E-state index in [1.807, 2.05) is 6.07 Å². The van der Waals surface area contributed by atoms with Gasteiger partial charge < -0.3 is 0 Å². The lowest BCUT2D eigenvalue weighted by Crippen LogP contribution is -2.75. The Labute approximate surface area is 78.8 Å². The largest absolute Gasteiger partial charge is 0.285 e. The van der Waals surface area contributed by atoms with E-state index in [0.717, 1.165) is 0 Å². The molecule has 0 saturated heterocycles. The minimum absolute atomic E-state index is 1.17. The molecule has 0 saturated carbocycles. The summed E-state index contributed by atoms with van der Waals surface area (Å²) < 4.78 is 0. The monoisotopic (exact) mass is 172 g/mol. The second-order valence-corrected chi connectivity index (χ2v) is 3.26. The smallest absolute Gasteiger partial charge is 0.134 e. The quantitative estimate of drug-likeness (QED) is 0.658. The highest BCUT2D eigenvalue weighted by atomic mass is 14.9. The standard InChI is InChI=1S/C12H13N/c1-3-7-11(8-4-1)13-12-9-5-2-6-10-12/h1-5,7-9,13H,6,10H2/p+1. The molecule has 0 aromatic heterocycles. The number of rotatable bonds is 2. The van der Waals surface area contributed by atoms with Crippen molar-refractivity contribution in [1.29, 1.82) is 0 Å². The third-order valence-electron chi connectivity index (χ3n) is 2.20. The molecule has 0 spiro atoms. The molecule has 13 heavy (non-hydrogen) atoms. The van der Waals surface area contributed by atoms with E-state index < -0.39 is 0 Å². The fourth-order valence-corrected chi connectivity index (χ4v) is 1.50. The van der Waals surface area contributed by atoms with Crippen LogP contribution in [0.5, 0.6) is 0 Å². The Kier molecular flexibility index (Phi) is 2.58. The van der Waals surface area contributed by atoms with E-state index >= 15 is 0 Å². The van der Waals surface area contributed by atoms with Gasteiger partial charge in [0.25, 0.3) is 0 Å². The zero-order chi connectivity index (χ0) is 8.93. The highest BCUT2D eigenvalue weighted by Gasteiger charge is 2.03. The molecule has 1 aromatic rings. The maximum atomic E-state index is 2.25. The zero-order valence-electron chi connectivity index (χ0n) is 7.61. The number of benzene rings is 1. The van der Waals surface area contributed by atoms with Crippen LogP contribution in [-0.4, -0.2) is 0 Å². The van der Waals surface area contributed by atoms with Crippen molar-refractivity contribution in [2.45, 2.75) is 12.8 Å². The van der Waals surface area contributed by atoms with Gasteiger partial charge in [0.05, 0.1) is 0 Å². The number of hydrogen-bond donors (Lipinski definition) is 1. The van der Waals surface area contributed by atoms with Crippen LogP contribution in [0.1, 0.15) is 12.8 Å². The van der Waals surface area contributed by atoms with Crippen LogP contribution in [0.15, 0.2) is 54.3 Å². The first kappa shape index (κ1) is 8.27. The van der Waals surface area contributed by atoms with E-state index in [2.05, 4.69) is 47.8 Å². The van der Waals surface area contributed by atoms with Crippen molar-refractivity contribution in [2.75, 3.05) is 0 Å². The second-order valence-electron chi connectivity index (χ2n) is 3.26. The molecule has 0 atom stereocenters. The lowest BCUT2D eigenvalue weighted by Gasteiger charge is -2.05. The van der Waals surface area contributed by atoms with Gasteiger partial charge in [0.2, 0.25) is 0 Å². The molecule has 1 aliphatic rings. The lowest BCUT2D eigenvalue weighted by molar-refractivity contribution is -0.520. The molecule has 0 radical (unpaired) electrons. The first-order valence-corrected chi connectivity index (χ1v) is 4.71. The molecular formula is C12H14N+. The van der Waals surface area contributed by atoms with Crippen LogP contribution in [0.2, 0.25) is 0 Å². The molecule has 1 nitrogen and oxygen atoms in total. The lowest BCUT2D eigenvalue weighted by atomic mass is 10.1. The molecule has 0 fully saturated rings. The number of allylic oxidation sites excluding steroid dienone is 4. The van der Waals surface area contributed by atoms with Gasteiger partial charge in [-0.2, -0.15) is 0 Å². The van der Waals surface area contributed by atoms with Crippen molar-refractivity contribution in [3.8, 4) is 0 Å². The van der Waals surface area contributed by atoms with E-state index in [1.54, 1.807) is 0 Å². The molecule has 66 valence electrons. The van der Waals surface area contributed by atoms with Gasteiger partial charge in [0.1, 0.15) is 11.4 Å². The Balaban J connectivity index is 2.06. The van der Waals surface area contributed by atoms with Crippen molar-refractivity contribution in [2.24, 2.45) is 0 Å². The van der Waals surface area contributed by atoms with E-state index in [9.17, 15) is 0 Å². The molecule has 0 amide bonds. The average molecular weight is 172 g/mol. The molecule has 1 aliphatic carbocycles. The predicted molar refractivity (Wildman–Crippen MR) is 54.5 cm³/mol. The van der Waals surface area contributed by atoms with Crippen molar-refractivity contribution in [3.05, 3.63) is 54.3 Å². The summed E-state index contributed by atoms with van der Waals surface area (Å²) in [5.74, 6) is 0. The third kappa shape index (κ3) is 2.30. The minimum Gasteiger partial charge on any atom is -0.285 e. The minimum atomic E-state index is 1.17. The molecule has 0 unspecified atom stereocenters. The number of quaternary nitrogens is 1. The van der Waals surface area contributed by atoms with Crippen LogP contribution < -0.4 is 5.32 Å². The Morgan fingerprint density at radius 3 is 2.62 bits per heavy atom.